The highest BCUT2D eigenvalue weighted by atomic mass is 16.3. The fraction of sp³-hybridized carbons (Fsp3) is 0. The largest absolute Gasteiger partial charge is 0.455 e. The van der Waals surface area contributed by atoms with Gasteiger partial charge in [0.05, 0.1) is 26.3 Å². The molecule has 3 aromatic heterocycles. The molecule has 5 heteroatoms. The first-order valence-corrected chi connectivity index (χ1v) is 22.3. The van der Waals surface area contributed by atoms with E-state index < -0.39 is 12.1 Å². The molecule has 0 saturated carbocycles. The van der Waals surface area contributed by atoms with Crippen LogP contribution >= 0.6 is 0 Å². The summed E-state index contributed by atoms with van der Waals surface area (Å²) in [6.07, 6.45) is 0. The standard InChI is InChI=1S/C63H40N4O/c1-4-18-41(19-5-1)44-34-35-59-55(40-44)53-30-17-29-50(60(53)68-59)45-24-16-25-46(36-45)61-64-62(49-38-47(42-20-6-2-7-21-42)37-48(39-49)43-22-8-3-9-23-43)66-63(65-61)54-28-12-15-33-58(54)67-56-31-13-10-26-51(56)52-27-11-14-32-57(52)67/h1-40H/i10D,11D,13D,26D,27D,31D,32D. The Balaban J connectivity index is 1.05. The summed E-state index contributed by atoms with van der Waals surface area (Å²) in [5, 5.41) is 2.13. The molecule has 0 aliphatic heterocycles. The highest BCUT2D eigenvalue weighted by Gasteiger charge is 2.21. The second kappa shape index (κ2) is 16.4. The first-order valence-electron chi connectivity index (χ1n) is 25.8. The van der Waals surface area contributed by atoms with Gasteiger partial charge in [0, 0.05) is 43.8 Å². The van der Waals surface area contributed by atoms with Gasteiger partial charge in [-0.25, -0.2) is 15.0 Å². The first kappa shape index (κ1) is 32.5. The van der Waals surface area contributed by atoms with Crippen LogP contribution in [0, 0.1) is 0 Å². The van der Waals surface area contributed by atoms with Crippen molar-refractivity contribution in [1.82, 2.24) is 19.5 Å². The number of para-hydroxylation sites is 4. The van der Waals surface area contributed by atoms with Gasteiger partial charge in [0.1, 0.15) is 11.2 Å². The van der Waals surface area contributed by atoms with Gasteiger partial charge in [0.2, 0.25) is 0 Å². The second-order valence-corrected chi connectivity index (χ2v) is 16.6. The molecular formula is C63H40N4O. The molecule has 0 N–H and O–H groups in total. The topological polar surface area (TPSA) is 56.7 Å². The molecule has 5 nitrogen and oxygen atoms in total. The maximum atomic E-state index is 9.28. The van der Waals surface area contributed by atoms with Crippen molar-refractivity contribution in [2.75, 3.05) is 0 Å². The average molecular weight is 876 g/mol. The molecular weight excluding hydrogens is 829 g/mol. The van der Waals surface area contributed by atoms with E-state index in [2.05, 4.69) is 78.9 Å². The molecule has 0 aliphatic rings. The van der Waals surface area contributed by atoms with Crippen molar-refractivity contribution in [2.45, 2.75) is 0 Å². The average Bonchev–Trinajstić information content (AvgIpc) is 4.17. The van der Waals surface area contributed by atoms with Crippen molar-refractivity contribution in [1.29, 1.82) is 0 Å². The van der Waals surface area contributed by atoms with E-state index in [1.165, 1.54) is 6.07 Å². The molecule has 0 fully saturated rings. The van der Waals surface area contributed by atoms with Crippen molar-refractivity contribution in [3.8, 4) is 84.4 Å². The van der Waals surface area contributed by atoms with Crippen LogP contribution < -0.4 is 0 Å². The molecule has 318 valence electrons. The molecule has 0 saturated heterocycles. The number of aromatic nitrogens is 4. The van der Waals surface area contributed by atoms with Gasteiger partial charge in [0.15, 0.2) is 17.5 Å². The van der Waals surface area contributed by atoms with Crippen LogP contribution in [0.3, 0.4) is 0 Å². The number of nitrogens with zero attached hydrogens (tertiary/aromatic N) is 4. The SMILES string of the molecule is [2H]c1cc([2H])c2c(c1[2H])c1c([2H])c([2H])c([2H])c([2H])c1n2-c1ccccc1-c1nc(-c2cc(-c3ccccc3)cc(-c3ccccc3)c2)nc(-c2cccc(-c3cccc4c3oc3ccc(-c5ccccc5)cc34)c2)n1. The Morgan fingerprint density at radius 2 is 0.882 bits per heavy atom. The molecule has 3 heterocycles. The second-order valence-electron chi connectivity index (χ2n) is 16.6. The molecule has 68 heavy (non-hydrogen) atoms. The third-order valence-electron chi connectivity index (χ3n) is 12.5. The lowest BCUT2D eigenvalue weighted by Gasteiger charge is -2.15. The number of fused-ring (bicyclic) bond motifs is 6. The highest BCUT2D eigenvalue weighted by Crippen LogP contribution is 2.41. The monoisotopic (exact) mass is 875 g/mol. The number of rotatable bonds is 8. The fourth-order valence-electron chi connectivity index (χ4n) is 9.33. The third-order valence-corrected chi connectivity index (χ3v) is 12.5. The van der Waals surface area contributed by atoms with Gasteiger partial charge in [-0.15, -0.1) is 0 Å². The van der Waals surface area contributed by atoms with Gasteiger partial charge in [-0.1, -0.05) is 182 Å². The molecule has 0 unspecified atom stereocenters. The Kier molecular flexibility index (Phi) is 7.81. The van der Waals surface area contributed by atoms with E-state index in [1.807, 2.05) is 103 Å². The minimum Gasteiger partial charge on any atom is -0.455 e. The molecule has 0 radical (unpaired) electrons. The van der Waals surface area contributed by atoms with Gasteiger partial charge in [-0.05, 0) is 99.6 Å². The molecule has 13 rings (SSSR count). The van der Waals surface area contributed by atoms with Crippen LogP contribution in [0.25, 0.3) is 128 Å². The van der Waals surface area contributed by atoms with Crippen molar-refractivity contribution in [3.05, 3.63) is 242 Å². The first-order chi connectivity index (χ1) is 36.6. The van der Waals surface area contributed by atoms with Gasteiger partial charge in [-0.2, -0.15) is 0 Å². The summed E-state index contributed by atoms with van der Waals surface area (Å²) in [7, 11) is 0. The lowest BCUT2D eigenvalue weighted by Crippen LogP contribution is -2.04. The number of hydrogen-bond acceptors (Lipinski definition) is 4. The van der Waals surface area contributed by atoms with E-state index in [1.54, 1.807) is 16.7 Å². The summed E-state index contributed by atoms with van der Waals surface area (Å²) in [5.74, 6) is 0.984. The Bertz CT molecular complexity index is 4390. The summed E-state index contributed by atoms with van der Waals surface area (Å²) in [6, 6.07) is 63.6. The smallest absolute Gasteiger partial charge is 0.166 e. The van der Waals surface area contributed by atoms with E-state index in [0.29, 0.717) is 28.5 Å². The zero-order valence-electron chi connectivity index (χ0n) is 43.2. The summed E-state index contributed by atoms with van der Waals surface area (Å²) in [6.45, 7) is 0. The zero-order valence-corrected chi connectivity index (χ0v) is 36.2. The van der Waals surface area contributed by atoms with Crippen LogP contribution in [-0.2, 0) is 0 Å². The number of furan rings is 1. The molecule has 0 amide bonds. The van der Waals surface area contributed by atoms with Crippen LogP contribution in [-0.4, -0.2) is 19.5 Å². The van der Waals surface area contributed by atoms with Crippen molar-refractivity contribution in [2.24, 2.45) is 0 Å². The third kappa shape index (κ3) is 6.84. The number of benzene rings is 10. The predicted molar refractivity (Wildman–Crippen MR) is 279 cm³/mol. The zero-order chi connectivity index (χ0) is 51.1. The molecule has 10 aromatic carbocycles. The van der Waals surface area contributed by atoms with Crippen molar-refractivity contribution >= 4 is 43.7 Å². The van der Waals surface area contributed by atoms with Gasteiger partial charge in [0.25, 0.3) is 0 Å². The molecule has 0 spiro atoms. The molecule has 0 atom stereocenters. The van der Waals surface area contributed by atoms with E-state index in [9.17, 15) is 2.74 Å². The minimum absolute atomic E-state index is 0.0505. The van der Waals surface area contributed by atoms with Gasteiger partial charge in [-0.3, -0.25) is 0 Å². The lowest BCUT2D eigenvalue weighted by molar-refractivity contribution is 0.670. The molecule has 13 aromatic rings. The van der Waals surface area contributed by atoms with E-state index >= 15 is 0 Å². The maximum absolute atomic E-state index is 9.28. The fourth-order valence-corrected chi connectivity index (χ4v) is 9.33. The Labute approximate surface area is 402 Å². The Morgan fingerprint density at radius 1 is 0.338 bits per heavy atom. The molecule has 0 bridgehead atoms. The lowest BCUT2D eigenvalue weighted by atomic mass is 9.95. The minimum atomic E-state index is -0.475. The Hall–Kier alpha value is -9.19. The van der Waals surface area contributed by atoms with E-state index in [-0.39, 0.29) is 57.8 Å². The predicted octanol–water partition coefficient (Wildman–Crippen LogP) is 16.5. The summed E-state index contributed by atoms with van der Waals surface area (Å²) in [5.41, 5.74) is 11.9. The molecule has 0 aliphatic carbocycles. The van der Waals surface area contributed by atoms with Crippen LogP contribution in [0.4, 0.5) is 0 Å². The highest BCUT2D eigenvalue weighted by molar-refractivity contribution is 6.11. The van der Waals surface area contributed by atoms with Crippen LogP contribution in [0.1, 0.15) is 9.60 Å². The quantitative estimate of drug-likeness (QED) is 0.153. The normalized spacial score (nSPS) is 13.0. The van der Waals surface area contributed by atoms with E-state index in [0.717, 1.165) is 72.0 Å². The van der Waals surface area contributed by atoms with Crippen LogP contribution in [0.5, 0.6) is 0 Å². The maximum Gasteiger partial charge on any atom is 0.166 e. The summed E-state index contributed by atoms with van der Waals surface area (Å²) < 4.78 is 71.0. The summed E-state index contributed by atoms with van der Waals surface area (Å²) in [4.78, 5) is 15.8. The van der Waals surface area contributed by atoms with E-state index in [4.69, 9.17) is 26.2 Å². The van der Waals surface area contributed by atoms with Crippen molar-refractivity contribution < 1.29 is 14.0 Å². The van der Waals surface area contributed by atoms with Crippen LogP contribution in [0.15, 0.2) is 247 Å². The van der Waals surface area contributed by atoms with Gasteiger partial charge < -0.3 is 8.98 Å². The Morgan fingerprint density at radius 3 is 1.63 bits per heavy atom. The van der Waals surface area contributed by atoms with Crippen LogP contribution in [0.2, 0.25) is 0 Å². The summed E-state index contributed by atoms with van der Waals surface area (Å²) >= 11 is 0. The van der Waals surface area contributed by atoms with Crippen molar-refractivity contribution in [3.63, 3.8) is 0 Å². The number of hydrogen-bond donors (Lipinski definition) is 0. The van der Waals surface area contributed by atoms with Gasteiger partial charge >= 0.3 is 0 Å².